The Hall–Kier alpha value is -5.86. The van der Waals surface area contributed by atoms with Crippen molar-refractivity contribution in [3.05, 3.63) is 169 Å². The molecule has 0 saturated heterocycles. The first-order valence-electron chi connectivity index (χ1n) is 16.5. The van der Waals surface area contributed by atoms with Crippen LogP contribution in [-0.2, 0) is 5.41 Å². The van der Waals surface area contributed by atoms with E-state index in [2.05, 4.69) is 181 Å². The van der Waals surface area contributed by atoms with E-state index in [1.165, 1.54) is 88.4 Å². The molecule has 0 spiro atoms. The lowest BCUT2D eigenvalue weighted by Gasteiger charge is -2.23. The predicted molar refractivity (Wildman–Crippen MR) is 198 cm³/mol. The fourth-order valence-electron chi connectivity index (χ4n) is 8.39. The van der Waals surface area contributed by atoms with Gasteiger partial charge in [-0.15, -0.1) is 0 Å². The third kappa shape index (κ3) is 3.61. The molecular formula is C45H32N2. The van der Waals surface area contributed by atoms with Crippen LogP contribution >= 0.6 is 0 Å². The van der Waals surface area contributed by atoms with Crippen molar-refractivity contribution in [3.63, 3.8) is 0 Å². The van der Waals surface area contributed by atoms with E-state index in [1.807, 2.05) is 0 Å². The first-order chi connectivity index (χ1) is 23.1. The Morgan fingerprint density at radius 2 is 0.979 bits per heavy atom. The van der Waals surface area contributed by atoms with Crippen LogP contribution in [0.2, 0.25) is 0 Å². The van der Waals surface area contributed by atoms with Crippen LogP contribution in [0.4, 0.5) is 0 Å². The number of fused-ring (bicyclic) bond motifs is 10. The molecule has 2 aromatic heterocycles. The lowest BCUT2D eigenvalue weighted by Crippen LogP contribution is -2.15. The van der Waals surface area contributed by atoms with Crippen molar-refractivity contribution in [2.24, 2.45) is 0 Å². The van der Waals surface area contributed by atoms with Crippen LogP contribution in [0.15, 0.2) is 158 Å². The molecule has 0 saturated carbocycles. The highest BCUT2D eigenvalue weighted by Gasteiger charge is 2.39. The van der Waals surface area contributed by atoms with Crippen LogP contribution in [0.1, 0.15) is 25.0 Å². The van der Waals surface area contributed by atoms with Crippen LogP contribution in [-0.4, -0.2) is 9.13 Å². The molecule has 0 atom stereocenters. The summed E-state index contributed by atoms with van der Waals surface area (Å²) in [5.41, 5.74) is 15.1. The maximum absolute atomic E-state index is 2.48. The predicted octanol–water partition coefficient (Wildman–Crippen LogP) is 11.9. The van der Waals surface area contributed by atoms with Crippen LogP contribution in [0.5, 0.6) is 0 Å². The van der Waals surface area contributed by atoms with Gasteiger partial charge in [0.2, 0.25) is 0 Å². The topological polar surface area (TPSA) is 9.86 Å². The quantitative estimate of drug-likeness (QED) is 0.191. The van der Waals surface area contributed by atoms with Gasteiger partial charge in [-0.2, -0.15) is 0 Å². The highest BCUT2D eigenvalue weighted by atomic mass is 15.0. The standard InChI is InChI=1S/C45H32N2/c1-45(2)38-28-42-37(33-17-9-11-19-39(33)47(42)31-15-7-4-8-16-31)27-36(38)34-25-26-41-43(44(34)45)35-18-10-12-20-40(35)46(41)32-23-21-30(22-24-32)29-13-5-3-6-14-29/h3-28H,1-2H3. The van der Waals surface area contributed by atoms with Crippen LogP contribution in [0, 0.1) is 0 Å². The molecule has 10 rings (SSSR count). The molecule has 2 heterocycles. The van der Waals surface area contributed by atoms with Crippen molar-refractivity contribution in [2.45, 2.75) is 19.3 Å². The van der Waals surface area contributed by atoms with Gasteiger partial charge in [0.15, 0.2) is 0 Å². The number of hydrogen-bond donors (Lipinski definition) is 0. The fourth-order valence-corrected chi connectivity index (χ4v) is 8.39. The van der Waals surface area contributed by atoms with Gasteiger partial charge < -0.3 is 9.13 Å². The van der Waals surface area contributed by atoms with Gasteiger partial charge >= 0.3 is 0 Å². The highest BCUT2D eigenvalue weighted by molar-refractivity contribution is 6.16. The van der Waals surface area contributed by atoms with Gasteiger partial charge in [-0.05, 0) is 88.0 Å². The fraction of sp³-hybridized carbons (Fsp3) is 0.0667. The Labute approximate surface area is 273 Å². The van der Waals surface area contributed by atoms with E-state index in [4.69, 9.17) is 0 Å². The summed E-state index contributed by atoms with van der Waals surface area (Å²) in [6.45, 7) is 4.83. The van der Waals surface area contributed by atoms with Crippen molar-refractivity contribution >= 4 is 43.6 Å². The molecule has 1 aliphatic rings. The summed E-state index contributed by atoms with van der Waals surface area (Å²) >= 11 is 0. The molecule has 1 aliphatic carbocycles. The molecular weight excluding hydrogens is 569 g/mol. The van der Waals surface area contributed by atoms with E-state index >= 15 is 0 Å². The molecule has 222 valence electrons. The number of rotatable bonds is 3. The Kier molecular flexibility index (Phi) is 5.37. The van der Waals surface area contributed by atoms with E-state index in [1.54, 1.807) is 0 Å². The molecule has 47 heavy (non-hydrogen) atoms. The van der Waals surface area contributed by atoms with E-state index in [9.17, 15) is 0 Å². The summed E-state index contributed by atoms with van der Waals surface area (Å²) in [7, 11) is 0. The van der Waals surface area contributed by atoms with E-state index in [0.717, 1.165) is 0 Å². The number of hydrogen-bond acceptors (Lipinski definition) is 0. The SMILES string of the molecule is CC1(C)c2cc3c(cc2-c2ccc4c(c21)c1ccccc1n4-c1ccc(-c2ccccc2)cc1)c1ccccc1n3-c1ccccc1. The molecule has 0 fully saturated rings. The zero-order valence-corrected chi connectivity index (χ0v) is 26.4. The summed E-state index contributed by atoms with van der Waals surface area (Å²) in [5.74, 6) is 0. The van der Waals surface area contributed by atoms with Gasteiger partial charge in [-0.25, -0.2) is 0 Å². The molecule has 2 nitrogen and oxygen atoms in total. The third-order valence-corrected chi connectivity index (χ3v) is 10.5. The average molecular weight is 601 g/mol. The second-order valence-corrected chi connectivity index (χ2v) is 13.4. The Balaban J connectivity index is 1.23. The zero-order chi connectivity index (χ0) is 31.3. The lowest BCUT2D eigenvalue weighted by molar-refractivity contribution is 0.667. The maximum Gasteiger partial charge on any atom is 0.0544 e. The Morgan fingerprint density at radius 3 is 1.72 bits per heavy atom. The minimum absolute atomic E-state index is 0.192. The summed E-state index contributed by atoms with van der Waals surface area (Å²) in [4.78, 5) is 0. The van der Waals surface area contributed by atoms with Gasteiger partial charge in [0.1, 0.15) is 0 Å². The van der Waals surface area contributed by atoms with E-state index < -0.39 is 0 Å². The molecule has 0 aliphatic heterocycles. The van der Waals surface area contributed by atoms with Gasteiger partial charge in [-0.1, -0.05) is 117 Å². The Morgan fingerprint density at radius 1 is 0.404 bits per heavy atom. The minimum Gasteiger partial charge on any atom is -0.309 e. The third-order valence-electron chi connectivity index (χ3n) is 10.5. The molecule has 2 heteroatoms. The lowest BCUT2D eigenvalue weighted by atomic mass is 9.80. The summed E-state index contributed by atoms with van der Waals surface area (Å²) in [6, 6.07) is 57.8. The number of benzene rings is 7. The molecule has 0 unspecified atom stereocenters. The summed E-state index contributed by atoms with van der Waals surface area (Å²) in [6.07, 6.45) is 0. The monoisotopic (exact) mass is 600 g/mol. The zero-order valence-electron chi connectivity index (χ0n) is 26.4. The van der Waals surface area contributed by atoms with Gasteiger partial charge in [0.05, 0.1) is 22.1 Å². The molecule has 0 N–H and O–H groups in total. The number of para-hydroxylation sites is 3. The van der Waals surface area contributed by atoms with Crippen molar-refractivity contribution in [1.29, 1.82) is 0 Å². The first-order valence-corrected chi connectivity index (χ1v) is 16.5. The average Bonchev–Trinajstić information content (AvgIpc) is 3.71. The van der Waals surface area contributed by atoms with Crippen molar-refractivity contribution < 1.29 is 0 Å². The number of aromatic nitrogens is 2. The highest BCUT2D eigenvalue weighted by Crippen LogP contribution is 2.55. The van der Waals surface area contributed by atoms with Gasteiger partial charge in [0, 0.05) is 38.3 Å². The second-order valence-electron chi connectivity index (χ2n) is 13.4. The molecule has 0 amide bonds. The molecule has 0 bridgehead atoms. The molecule has 7 aromatic carbocycles. The van der Waals surface area contributed by atoms with E-state index in [0.29, 0.717) is 0 Å². The smallest absolute Gasteiger partial charge is 0.0544 e. The van der Waals surface area contributed by atoms with Crippen LogP contribution in [0.3, 0.4) is 0 Å². The molecule has 9 aromatic rings. The molecule has 0 radical (unpaired) electrons. The largest absolute Gasteiger partial charge is 0.309 e. The van der Waals surface area contributed by atoms with Crippen molar-refractivity contribution in [1.82, 2.24) is 9.13 Å². The van der Waals surface area contributed by atoms with E-state index in [-0.39, 0.29) is 5.41 Å². The summed E-state index contributed by atoms with van der Waals surface area (Å²) < 4.78 is 4.89. The van der Waals surface area contributed by atoms with Crippen molar-refractivity contribution in [3.8, 4) is 33.6 Å². The Bertz CT molecular complexity index is 2670. The maximum atomic E-state index is 2.48. The van der Waals surface area contributed by atoms with Gasteiger partial charge in [0.25, 0.3) is 0 Å². The van der Waals surface area contributed by atoms with Gasteiger partial charge in [-0.3, -0.25) is 0 Å². The normalized spacial score (nSPS) is 13.5. The summed E-state index contributed by atoms with van der Waals surface area (Å²) in [5, 5.41) is 5.24. The first kappa shape index (κ1) is 26.4. The van der Waals surface area contributed by atoms with Crippen LogP contribution < -0.4 is 0 Å². The minimum atomic E-state index is -0.192. The van der Waals surface area contributed by atoms with Crippen LogP contribution in [0.25, 0.3) is 77.2 Å². The number of nitrogens with zero attached hydrogens (tertiary/aromatic N) is 2. The van der Waals surface area contributed by atoms with Crippen molar-refractivity contribution in [2.75, 3.05) is 0 Å². The second kappa shape index (κ2) is 9.57.